The van der Waals surface area contributed by atoms with Gasteiger partial charge < -0.3 is 14.4 Å². The summed E-state index contributed by atoms with van der Waals surface area (Å²) >= 11 is 0. The van der Waals surface area contributed by atoms with Gasteiger partial charge in [-0.05, 0) is 77.8 Å². The molecular formula is C30H34O5. The Morgan fingerprint density at radius 3 is 2.26 bits per heavy atom. The first-order chi connectivity index (χ1) is 17.2. The topological polar surface area (TPSA) is 54.0 Å². The van der Waals surface area contributed by atoms with Crippen LogP contribution in [0.5, 0.6) is 11.5 Å². The molecule has 0 aliphatic heterocycles. The van der Waals surface area contributed by atoms with Gasteiger partial charge in [0.05, 0.1) is 19.3 Å². The summed E-state index contributed by atoms with van der Waals surface area (Å²) in [5.41, 5.74) is 4.90. The van der Waals surface area contributed by atoms with Crippen molar-refractivity contribution < 1.29 is 24.0 Å². The minimum absolute atomic E-state index is 0.274. The van der Waals surface area contributed by atoms with E-state index in [-0.39, 0.29) is 5.97 Å². The van der Waals surface area contributed by atoms with Crippen molar-refractivity contribution in [3.05, 3.63) is 83.4 Å². The van der Waals surface area contributed by atoms with E-state index in [9.17, 15) is 4.79 Å². The summed E-state index contributed by atoms with van der Waals surface area (Å²) in [6, 6.07) is 21.4. The standard InChI is InChI=1S/C30H34O5/c1-3-4-5-19-33-30(31)26-12-10-23(11-13-26)24-14-16-27(17-15-24)35-34-21-22-9-18-28(25-7-6-8-25)29(20-22)32-2/h9-18,20,25H,3-8,19,21H2,1-2H3. The Hall–Kier alpha value is -3.31. The zero-order valence-electron chi connectivity index (χ0n) is 20.6. The van der Waals surface area contributed by atoms with Crippen LogP contribution in [0, 0.1) is 0 Å². The summed E-state index contributed by atoms with van der Waals surface area (Å²) in [5.74, 6) is 1.90. The molecule has 1 saturated carbocycles. The Kier molecular flexibility index (Phi) is 8.79. The molecule has 5 heteroatoms. The van der Waals surface area contributed by atoms with Crippen LogP contribution < -0.4 is 9.62 Å². The van der Waals surface area contributed by atoms with Crippen LogP contribution in [-0.2, 0) is 16.2 Å². The van der Waals surface area contributed by atoms with E-state index in [2.05, 4.69) is 19.1 Å². The first-order valence-corrected chi connectivity index (χ1v) is 12.5. The first kappa shape index (κ1) is 24.8. The van der Waals surface area contributed by atoms with Gasteiger partial charge in [-0.1, -0.05) is 62.6 Å². The molecule has 1 aliphatic rings. The smallest absolute Gasteiger partial charge is 0.338 e. The molecule has 3 aromatic rings. The van der Waals surface area contributed by atoms with E-state index in [1.165, 1.54) is 24.8 Å². The molecule has 35 heavy (non-hydrogen) atoms. The predicted octanol–water partition coefficient (Wildman–Crippen LogP) is 7.49. The van der Waals surface area contributed by atoms with Crippen LogP contribution in [0.2, 0.25) is 0 Å². The van der Waals surface area contributed by atoms with E-state index in [0.29, 0.717) is 30.4 Å². The molecule has 0 saturated heterocycles. The minimum atomic E-state index is -0.274. The molecule has 0 N–H and O–H groups in total. The fraction of sp³-hybridized carbons (Fsp3) is 0.367. The number of carbonyl (C=O) groups excluding carboxylic acids is 1. The largest absolute Gasteiger partial charge is 0.496 e. The van der Waals surface area contributed by atoms with Gasteiger partial charge in [0, 0.05) is 0 Å². The number of methoxy groups -OCH3 is 1. The molecule has 1 aliphatic carbocycles. The number of benzene rings is 3. The van der Waals surface area contributed by atoms with Crippen LogP contribution in [0.4, 0.5) is 0 Å². The van der Waals surface area contributed by atoms with E-state index in [0.717, 1.165) is 41.7 Å². The lowest BCUT2D eigenvalue weighted by molar-refractivity contribution is -0.217. The highest BCUT2D eigenvalue weighted by Gasteiger charge is 2.22. The third-order valence-electron chi connectivity index (χ3n) is 6.51. The second kappa shape index (κ2) is 12.4. The van der Waals surface area contributed by atoms with Crippen LogP contribution in [0.3, 0.4) is 0 Å². The third-order valence-corrected chi connectivity index (χ3v) is 6.51. The molecular weight excluding hydrogens is 440 g/mol. The second-order valence-electron chi connectivity index (χ2n) is 8.99. The molecule has 0 aromatic heterocycles. The molecule has 3 aromatic carbocycles. The fourth-order valence-electron chi connectivity index (χ4n) is 4.17. The summed E-state index contributed by atoms with van der Waals surface area (Å²) in [6.07, 6.45) is 6.84. The van der Waals surface area contributed by atoms with Crippen LogP contribution >= 0.6 is 0 Å². The summed E-state index contributed by atoms with van der Waals surface area (Å²) in [5, 5.41) is 0. The monoisotopic (exact) mass is 474 g/mol. The number of carbonyl (C=O) groups is 1. The maximum absolute atomic E-state index is 12.1. The van der Waals surface area contributed by atoms with E-state index < -0.39 is 0 Å². The van der Waals surface area contributed by atoms with Crippen LogP contribution in [0.25, 0.3) is 11.1 Å². The zero-order valence-corrected chi connectivity index (χ0v) is 20.6. The van der Waals surface area contributed by atoms with E-state index >= 15 is 0 Å². The molecule has 0 radical (unpaired) electrons. The van der Waals surface area contributed by atoms with Gasteiger partial charge in [-0.3, -0.25) is 0 Å². The maximum Gasteiger partial charge on any atom is 0.338 e. The van der Waals surface area contributed by atoms with E-state index in [1.54, 1.807) is 19.2 Å². The molecule has 0 heterocycles. The zero-order chi connectivity index (χ0) is 24.5. The third kappa shape index (κ3) is 6.64. The Morgan fingerprint density at radius 2 is 1.63 bits per heavy atom. The molecule has 5 nitrogen and oxygen atoms in total. The van der Waals surface area contributed by atoms with Crippen molar-refractivity contribution >= 4 is 5.97 Å². The Bertz CT molecular complexity index is 1080. The SMILES string of the molecule is CCCCCOC(=O)c1ccc(-c2ccc(OOCc3ccc(C4CCC4)c(OC)c3)cc2)cc1. The summed E-state index contributed by atoms with van der Waals surface area (Å²) in [7, 11) is 1.72. The van der Waals surface area contributed by atoms with Crippen molar-refractivity contribution in [3.63, 3.8) is 0 Å². The van der Waals surface area contributed by atoms with Crippen molar-refractivity contribution in [3.8, 4) is 22.6 Å². The normalized spacial score (nSPS) is 13.2. The predicted molar refractivity (Wildman–Crippen MR) is 137 cm³/mol. The number of ether oxygens (including phenoxy) is 2. The highest BCUT2D eigenvalue weighted by atomic mass is 17.2. The van der Waals surface area contributed by atoms with Crippen molar-refractivity contribution in [1.29, 1.82) is 0 Å². The van der Waals surface area contributed by atoms with Gasteiger partial charge in [-0.15, -0.1) is 0 Å². The van der Waals surface area contributed by atoms with Gasteiger partial charge >= 0.3 is 5.97 Å². The van der Waals surface area contributed by atoms with Crippen molar-refractivity contribution in [2.75, 3.05) is 13.7 Å². The molecule has 0 spiro atoms. The van der Waals surface area contributed by atoms with Crippen molar-refractivity contribution in [2.45, 2.75) is 58.0 Å². The lowest BCUT2D eigenvalue weighted by atomic mass is 9.79. The number of rotatable bonds is 12. The first-order valence-electron chi connectivity index (χ1n) is 12.5. The van der Waals surface area contributed by atoms with Crippen LogP contribution in [0.1, 0.15) is 72.9 Å². The quantitative estimate of drug-likeness (QED) is 0.118. The average Bonchev–Trinajstić information content (AvgIpc) is 2.87. The van der Waals surface area contributed by atoms with Crippen molar-refractivity contribution in [2.24, 2.45) is 0 Å². The minimum Gasteiger partial charge on any atom is -0.496 e. The number of unbranched alkanes of at least 4 members (excludes halogenated alkanes) is 2. The summed E-state index contributed by atoms with van der Waals surface area (Å²) < 4.78 is 10.9. The Balaban J connectivity index is 1.27. The number of esters is 1. The Labute approximate surface area is 207 Å². The molecule has 0 bridgehead atoms. The van der Waals surface area contributed by atoms with Crippen LogP contribution in [0.15, 0.2) is 66.7 Å². The number of hydrogen-bond acceptors (Lipinski definition) is 5. The van der Waals surface area contributed by atoms with Gasteiger partial charge in [-0.25, -0.2) is 4.79 Å². The van der Waals surface area contributed by atoms with Gasteiger partial charge in [0.25, 0.3) is 0 Å². The second-order valence-corrected chi connectivity index (χ2v) is 8.99. The molecule has 0 unspecified atom stereocenters. The summed E-state index contributed by atoms with van der Waals surface area (Å²) in [6.45, 7) is 2.93. The van der Waals surface area contributed by atoms with Gasteiger partial charge in [-0.2, -0.15) is 4.89 Å². The summed E-state index contributed by atoms with van der Waals surface area (Å²) in [4.78, 5) is 23.1. The molecule has 0 atom stereocenters. The highest BCUT2D eigenvalue weighted by Crippen LogP contribution is 2.41. The lowest BCUT2D eigenvalue weighted by Crippen LogP contribution is -2.10. The van der Waals surface area contributed by atoms with Gasteiger partial charge in [0.1, 0.15) is 12.4 Å². The molecule has 1 fully saturated rings. The van der Waals surface area contributed by atoms with Gasteiger partial charge in [0.15, 0.2) is 5.75 Å². The van der Waals surface area contributed by atoms with E-state index in [4.69, 9.17) is 19.2 Å². The maximum atomic E-state index is 12.1. The Morgan fingerprint density at radius 1 is 0.914 bits per heavy atom. The average molecular weight is 475 g/mol. The fourth-order valence-corrected chi connectivity index (χ4v) is 4.17. The molecule has 0 amide bonds. The van der Waals surface area contributed by atoms with Crippen molar-refractivity contribution in [1.82, 2.24) is 0 Å². The van der Waals surface area contributed by atoms with Gasteiger partial charge in [0.2, 0.25) is 0 Å². The lowest BCUT2D eigenvalue weighted by Gasteiger charge is -2.27. The number of hydrogen-bond donors (Lipinski definition) is 0. The molecule has 184 valence electrons. The molecule has 4 rings (SSSR count). The highest BCUT2D eigenvalue weighted by molar-refractivity contribution is 5.90. The van der Waals surface area contributed by atoms with E-state index in [1.807, 2.05) is 42.5 Å². The van der Waals surface area contributed by atoms with Crippen LogP contribution in [-0.4, -0.2) is 19.7 Å².